The van der Waals surface area contributed by atoms with Crippen molar-refractivity contribution in [2.45, 2.75) is 0 Å². The molecule has 0 amide bonds. The number of para-hydroxylation sites is 2. The van der Waals surface area contributed by atoms with E-state index >= 15 is 0 Å². The molecule has 0 aliphatic carbocycles. The molecule has 3 aromatic heterocycles. The van der Waals surface area contributed by atoms with Gasteiger partial charge in [0.05, 0.1) is 5.56 Å². The lowest BCUT2D eigenvalue weighted by molar-refractivity contribution is 0.669. The van der Waals surface area contributed by atoms with Crippen molar-refractivity contribution in [3.63, 3.8) is 0 Å². The third-order valence-electron chi connectivity index (χ3n) is 11.3. The normalized spacial score (nSPS) is 11.8. The van der Waals surface area contributed by atoms with Crippen LogP contribution in [-0.4, -0.2) is 15.0 Å². The molecule has 0 aliphatic heterocycles. The van der Waals surface area contributed by atoms with E-state index in [4.69, 9.17) is 23.8 Å². The highest BCUT2D eigenvalue weighted by Gasteiger charge is 2.23. The molecule has 5 heteroatoms. The van der Waals surface area contributed by atoms with Crippen LogP contribution in [0.15, 0.2) is 197 Å². The number of fused-ring (bicyclic) bond motifs is 8. The molecule has 58 heavy (non-hydrogen) atoms. The Morgan fingerprint density at radius 3 is 1.71 bits per heavy atom. The van der Waals surface area contributed by atoms with Gasteiger partial charge in [0.25, 0.3) is 0 Å². The highest BCUT2D eigenvalue weighted by molar-refractivity contribution is 6.18. The highest BCUT2D eigenvalue weighted by Crippen LogP contribution is 2.44. The molecule has 0 N–H and O–H groups in total. The lowest BCUT2D eigenvalue weighted by atomic mass is 9.95. The van der Waals surface area contributed by atoms with Gasteiger partial charge < -0.3 is 8.83 Å². The van der Waals surface area contributed by atoms with Gasteiger partial charge in [-0.15, -0.1) is 0 Å². The van der Waals surface area contributed by atoms with Crippen molar-refractivity contribution >= 4 is 65.4 Å². The predicted molar refractivity (Wildman–Crippen MR) is 237 cm³/mol. The van der Waals surface area contributed by atoms with Crippen molar-refractivity contribution < 1.29 is 8.83 Å². The first-order chi connectivity index (χ1) is 28.7. The fourth-order valence-electron chi connectivity index (χ4n) is 8.45. The average molecular weight is 742 g/mol. The van der Waals surface area contributed by atoms with Crippen LogP contribution in [0.1, 0.15) is 0 Å². The van der Waals surface area contributed by atoms with Gasteiger partial charge in [0.15, 0.2) is 17.5 Å². The van der Waals surface area contributed by atoms with Gasteiger partial charge in [0.2, 0.25) is 0 Å². The van der Waals surface area contributed by atoms with Crippen LogP contribution in [0.25, 0.3) is 122 Å². The van der Waals surface area contributed by atoms with E-state index in [0.29, 0.717) is 17.5 Å². The van der Waals surface area contributed by atoms with E-state index in [2.05, 4.69) is 152 Å². The molecule has 0 aliphatic rings. The second-order valence-electron chi connectivity index (χ2n) is 14.8. The summed E-state index contributed by atoms with van der Waals surface area (Å²) < 4.78 is 13.4. The average Bonchev–Trinajstić information content (AvgIpc) is 3.86. The second-order valence-corrected chi connectivity index (χ2v) is 14.8. The van der Waals surface area contributed by atoms with Gasteiger partial charge in [-0.1, -0.05) is 146 Å². The van der Waals surface area contributed by atoms with Gasteiger partial charge in [0, 0.05) is 38.2 Å². The second kappa shape index (κ2) is 12.8. The summed E-state index contributed by atoms with van der Waals surface area (Å²) in [6, 6.07) is 65.2. The number of hydrogen-bond acceptors (Lipinski definition) is 5. The molecular weight excluding hydrogens is 711 g/mol. The molecule has 9 aromatic carbocycles. The molecule has 0 spiro atoms. The van der Waals surface area contributed by atoms with Crippen LogP contribution in [0.4, 0.5) is 0 Å². The summed E-state index contributed by atoms with van der Waals surface area (Å²) >= 11 is 0. The molecule has 12 aromatic rings. The maximum Gasteiger partial charge on any atom is 0.167 e. The number of benzene rings is 9. The first kappa shape index (κ1) is 32.4. The van der Waals surface area contributed by atoms with E-state index in [0.717, 1.165) is 98.8 Å². The summed E-state index contributed by atoms with van der Waals surface area (Å²) in [4.78, 5) is 15.8. The molecule has 12 rings (SSSR count). The fourth-order valence-corrected chi connectivity index (χ4v) is 8.45. The largest absolute Gasteiger partial charge is 0.455 e. The summed E-state index contributed by atoms with van der Waals surface area (Å²) in [6.07, 6.45) is 0. The third-order valence-corrected chi connectivity index (χ3v) is 11.3. The molecule has 0 bridgehead atoms. The molecule has 0 saturated heterocycles. The van der Waals surface area contributed by atoms with Crippen LogP contribution >= 0.6 is 0 Å². The van der Waals surface area contributed by atoms with Gasteiger partial charge in [-0.25, -0.2) is 15.0 Å². The van der Waals surface area contributed by atoms with Gasteiger partial charge >= 0.3 is 0 Å². The summed E-state index contributed by atoms with van der Waals surface area (Å²) in [5, 5.41) is 8.53. The van der Waals surface area contributed by atoms with Crippen LogP contribution in [0, 0.1) is 0 Å². The Balaban J connectivity index is 1.13. The van der Waals surface area contributed by atoms with Crippen molar-refractivity contribution in [3.05, 3.63) is 188 Å². The molecule has 0 atom stereocenters. The highest BCUT2D eigenvalue weighted by atomic mass is 16.3. The molecular formula is C53H31N3O2. The smallest absolute Gasteiger partial charge is 0.167 e. The van der Waals surface area contributed by atoms with Gasteiger partial charge in [-0.3, -0.25) is 0 Å². The summed E-state index contributed by atoms with van der Waals surface area (Å²) in [5.41, 5.74) is 10.1. The van der Waals surface area contributed by atoms with Crippen molar-refractivity contribution in [1.82, 2.24) is 15.0 Å². The Morgan fingerprint density at radius 1 is 0.293 bits per heavy atom. The minimum atomic E-state index is 0.532. The fraction of sp³-hybridized carbons (Fsp3) is 0. The molecule has 270 valence electrons. The van der Waals surface area contributed by atoms with E-state index in [-0.39, 0.29) is 0 Å². The molecule has 0 saturated carbocycles. The molecule has 0 radical (unpaired) electrons. The quantitative estimate of drug-likeness (QED) is 0.176. The maximum absolute atomic E-state index is 6.91. The molecule has 5 nitrogen and oxygen atoms in total. The number of nitrogens with zero attached hydrogens (tertiary/aromatic N) is 3. The Morgan fingerprint density at radius 2 is 0.879 bits per heavy atom. The van der Waals surface area contributed by atoms with E-state index in [1.807, 2.05) is 36.4 Å². The Labute approximate surface area is 332 Å². The number of hydrogen-bond donors (Lipinski definition) is 0. The van der Waals surface area contributed by atoms with Crippen molar-refractivity contribution in [3.8, 4) is 56.4 Å². The van der Waals surface area contributed by atoms with Crippen molar-refractivity contribution in [2.75, 3.05) is 0 Å². The Hall–Kier alpha value is -7.89. The van der Waals surface area contributed by atoms with Gasteiger partial charge in [0.1, 0.15) is 22.3 Å². The summed E-state index contributed by atoms with van der Waals surface area (Å²) in [6.45, 7) is 0. The van der Waals surface area contributed by atoms with E-state index in [1.165, 1.54) is 5.56 Å². The zero-order valence-corrected chi connectivity index (χ0v) is 31.1. The lowest BCUT2D eigenvalue weighted by Crippen LogP contribution is -2.01. The zero-order valence-electron chi connectivity index (χ0n) is 31.1. The van der Waals surface area contributed by atoms with Crippen molar-refractivity contribution in [1.29, 1.82) is 0 Å². The summed E-state index contributed by atoms with van der Waals surface area (Å²) in [5.74, 6) is 1.66. The molecule has 0 fully saturated rings. The Bertz CT molecular complexity index is 3570. The van der Waals surface area contributed by atoms with Crippen LogP contribution in [0.3, 0.4) is 0 Å². The van der Waals surface area contributed by atoms with Crippen LogP contribution in [0.2, 0.25) is 0 Å². The van der Waals surface area contributed by atoms with Gasteiger partial charge in [-0.05, 0) is 80.7 Å². The van der Waals surface area contributed by atoms with Crippen LogP contribution in [0.5, 0.6) is 0 Å². The SMILES string of the molecule is c1ccc(-c2ccc(-c3ccc(-c4nc(-c5ccc6ccccc6c5)nc(-c5cccc6c5oc5ccccc56)n4)c4c3oc3cc5ccccc5cc34)cc2)cc1. The van der Waals surface area contributed by atoms with E-state index in [9.17, 15) is 0 Å². The molecule has 3 heterocycles. The lowest BCUT2D eigenvalue weighted by Gasteiger charge is -2.12. The first-order valence-corrected chi connectivity index (χ1v) is 19.4. The molecule has 0 unspecified atom stereocenters. The number of rotatable bonds is 5. The third kappa shape index (κ3) is 5.21. The Kier molecular flexibility index (Phi) is 7.16. The van der Waals surface area contributed by atoms with E-state index in [1.54, 1.807) is 0 Å². The minimum Gasteiger partial charge on any atom is -0.455 e. The maximum atomic E-state index is 6.91. The first-order valence-electron chi connectivity index (χ1n) is 19.4. The summed E-state index contributed by atoms with van der Waals surface area (Å²) in [7, 11) is 0. The predicted octanol–water partition coefficient (Wildman–Crippen LogP) is 14.3. The van der Waals surface area contributed by atoms with Crippen LogP contribution in [-0.2, 0) is 0 Å². The standard InChI is InChI=1S/C53H31N3O2/c1-2-11-32(12-3-1)34-21-24-35(25-22-34)40-27-28-43(48-45-30-37-15-6-7-16-38(37)31-47(45)58-50(40)48)52-54-51(39-26-23-33-13-4-5-14-36(33)29-39)55-53(56-52)44-19-10-18-42-41-17-8-9-20-46(41)57-49(42)44/h1-31H. The monoisotopic (exact) mass is 741 g/mol. The minimum absolute atomic E-state index is 0.532. The van der Waals surface area contributed by atoms with Crippen LogP contribution < -0.4 is 0 Å². The topological polar surface area (TPSA) is 65.0 Å². The van der Waals surface area contributed by atoms with Gasteiger partial charge in [-0.2, -0.15) is 0 Å². The van der Waals surface area contributed by atoms with E-state index < -0.39 is 0 Å². The number of aromatic nitrogens is 3. The zero-order chi connectivity index (χ0) is 38.2. The number of furan rings is 2. The van der Waals surface area contributed by atoms with Crippen molar-refractivity contribution in [2.24, 2.45) is 0 Å².